The molecule has 0 aliphatic carbocycles. The number of hydrogen-bond donors (Lipinski definition) is 1. The largest absolute Gasteiger partial charge is 0.349 e. The second kappa shape index (κ2) is 1.19. The molecule has 0 atom stereocenters. The Balaban J connectivity index is 2.60. The summed E-state index contributed by atoms with van der Waals surface area (Å²) in [5.74, 6) is 0. The van der Waals surface area contributed by atoms with Gasteiger partial charge in [0.25, 0.3) is 0 Å². The summed E-state index contributed by atoms with van der Waals surface area (Å²) in [7, 11) is 0. The molecule has 2 nitrogen and oxygen atoms in total. The molecule has 2 aromatic heterocycles. The van der Waals surface area contributed by atoms with E-state index in [4.69, 9.17) is 0 Å². The van der Waals surface area contributed by atoms with E-state index in [1.165, 1.54) is 16.9 Å². The first-order valence-electron chi connectivity index (χ1n) is 3.32. The molecule has 0 saturated heterocycles. The standard InChI is InChI=1S/C8H6N2/c1-2-4-10-5-6-8(9-6)7(10)3-1/h1-5,9H. The summed E-state index contributed by atoms with van der Waals surface area (Å²) < 4.78 is 2.13. The highest BCUT2D eigenvalue weighted by molar-refractivity contribution is 6.02. The molecule has 3 rings (SSSR count). The Morgan fingerprint density at radius 3 is 3.20 bits per heavy atom. The van der Waals surface area contributed by atoms with Gasteiger partial charge in [0.2, 0.25) is 0 Å². The van der Waals surface area contributed by atoms with Crippen molar-refractivity contribution in [3.63, 3.8) is 0 Å². The third kappa shape index (κ3) is 0.365. The molecule has 0 unspecified atom stereocenters. The summed E-state index contributed by atoms with van der Waals surface area (Å²) in [6.45, 7) is 0. The lowest BCUT2D eigenvalue weighted by Crippen LogP contribution is -1.80. The summed E-state index contributed by atoms with van der Waals surface area (Å²) in [5.41, 5.74) is 3.84. The first kappa shape index (κ1) is 4.39. The van der Waals surface area contributed by atoms with Crippen LogP contribution in [-0.2, 0) is 0 Å². The minimum atomic E-state index is 1.27. The predicted octanol–water partition coefficient (Wildman–Crippen LogP) is 2.00. The number of aromatic nitrogens is 1. The SMILES string of the molecule is c1ccn2cc3c(c2c1)N3. The van der Waals surface area contributed by atoms with Gasteiger partial charge >= 0.3 is 0 Å². The molecule has 3 heterocycles. The molecule has 48 valence electrons. The molecule has 1 N–H and O–H groups in total. The zero-order valence-electron chi connectivity index (χ0n) is 5.33. The third-order valence-corrected chi connectivity index (χ3v) is 1.88. The van der Waals surface area contributed by atoms with Crippen molar-refractivity contribution in [2.24, 2.45) is 0 Å². The monoisotopic (exact) mass is 130 g/mol. The van der Waals surface area contributed by atoms with Crippen molar-refractivity contribution >= 4 is 16.9 Å². The molecular formula is C8H6N2. The molecule has 2 aromatic rings. The van der Waals surface area contributed by atoms with Crippen LogP contribution >= 0.6 is 0 Å². The second-order valence-corrected chi connectivity index (χ2v) is 2.54. The van der Waals surface area contributed by atoms with Crippen LogP contribution in [-0.4, -0.2) is 4.40 Å². The Kier molecular flexibility index (Phi) is 0.520. The first-order valence-corrected chi connectivity index (χ1v) is 3.32. The van der Waals surface area contributed by atoms with Crippen molar-refractivity contribution in [2.45, 2.75) is 0 Å². The maximum absolute atomic E-state index is 3.18. The molecule has 0 bridgehead atoms. The number of nitrogens with one attached hydrogen (secondary N) is 1. The van der Waals surface area contributed by atoms with Crippen molar-refractivity contribution in [3.05, 3.63) is 30.6 Å². The van der Waals surface area contributed by atoms with Gasteiger partial charge in [-0.25, -0.2) is 0 Å². The predicted molar refractivity (Wildman–Crippen MR) is 40.7 cm³/mol. The van der Waals surface area contributed by atoms with Gasteiger partial charge in [-0.15, -0.1) is 0 Å². The molecule has 2 heteroatoms. The number of anilines is 2. The maximum Gasteiger partial charge on any atom is 0.0884 e. The number of hydrogen-bond acceptors (Lipinski definition) is 1. The van der Waals surface area contributed by atoms with Crippen LogP contribution in [0, 0.1) is 0 Å². The van der Waals surface area contributed by atoms with Gasteiger partial charge in [0.15, 0.2) is 0 Å². The van der Waals surface area contributed by atoms with Crippen LogP contribution in [0.3, 0.4) is 0 Å². The van der Waals surface area contributed by atoms with E-state index in [1.54, 1.807) is 0 Å². The molecule has 0 aromatic carbocycles. The molecule has 0 saturated carbocycles. The lowest BCUT2D eigenvalue weighted by Gasteiger charge is -1.92. The molecule has 0 spiro atoms. The maximum atomic E-state index is 3.18. The zero-order chi connectivity index (χ0) is 6.55. The van der Waals surface area contributed by atoms with Crippen molar-refractivity contribution in [2.75, 3.05) is 5.32 Å². The number of pyridine rings is 1. The van der Waals surface area contributed by atoms with Crippen molar-refractivity contribution < 1.29 is 0 Å². The van der Waals surface area contributed by atoms with Gasteiger partial charge in [0.1, 0.15) is 0 Å². The normalized spacial score (nSPS) is 12.8. The van der Waals surface area contributed by atoms with Gasteiger partial charge in [-0.05, 0) is 12.1 Å². The minimum Gasteiger partial charge on any atom is -0.349 e. The summed E-state index contributed by atoms with van der Waals surface area (Å²) in [4.78, 5) is 0. The Labute approximate surface area is 58.1 Å². The molecule has 1 aliphatic heterocycles. The first-order chi connectivity index (χ1) is 4.95. The van der Waals surface area contributed by atoms with Crippen LogP contribution in [0.15, 0.2) is 30.6 Å². The zero-order valence-corrected chi connectivity index (χ0v) is 5.33. The Hall–Kier alpha value is -1.44. The minimum absolute atomic E-state index is 1.27. The highest BCUT2D eigenvalue weighted by Gasteiger charge is 2.20. The Morgan fingerprint density at radius 1 is 1.30 bits per heavy atom. The lowest BCUT2D eigenvalue weighted by atomic mass is 10.4. The van der Waals surface area contributed by atoms with E-state index >= 15 is 0 Å². The van der Waals surface area contributed by atoms with E-state index in [-0.39, 0.29) is 0 Å². The van der Waals surface area contributed by atoms with Crippen LogP contribution in [0.5, 0.6) is 0 Å². The van der Waals surface area contributed by atoms with Gasteiger partial charge in [0, 0.05) is 12.4 Å². The average Bonchev–Trinajstić information content (AvgIpc) is 2.64. The number of rotatable bonds is 0. The van der Waals surface area contributed by atoms with Gasteiger partial charge < -0.3 is 9.72 Å². The van der Waals surface area contributed by atoms with Crippen LogP contribution < -0.4 is 5.32 Å². The average molecular weight is 130 g/mol. The second-order valence-electron chi connectivity index (χ2n) is 2.54. The van der Waals surface area contributed by atoms with E-state index < -0.39 is 0 Å². The van der Waals surface area contributed by atoms with E-state index in [2.05, 4.69) is 34.2 Å². The summed E-state index contributed by atoms with van der Waals surface area (Å²) in [6, 6.07) is 6.19. The number of fused-ring (bicyclic) bond motifs is 3. The van der Waals surface area contributed by atoms with Gasteiger partial charge in [-0.1, -0.05) is 6.07 Å². The van der Waals surface area contributed by atoms with Crippen LogP contribution in [0.1, 0.15) is 0 Å². The fourth-order valence-corrected chi connectivity index (χ4v) is 1.32. The summed E-state index contributed by atoms with van der Waals surface area (Å²) >= 11 is 0. The summed E-state index contributed by atoms with van der Waals surface area (Å²) in [5, 5.41) is 3.18. The van der Waals surface area contributed by atoms with Crippen LogP contribution in [0.2, 0.25) is 0 Å². The molecule has 0 fully saturated rings. The van der Waals surface area contributed by atoms with Crippen molar-refractivity contribution in [1.82, 2.24) is 4.40 Å². The topological polar surface area (TPSA) is 26.4 Å². The van der Waals surface area contributed by atoms with Gasteiger partial charge in [-0.2, -0.15) is 0 Å². The van der Waals surface area contributed by atoms with E-state index in [0.29, 0.717) is 0 Å². The van der Waals surface area contributed by atoms with E-state index in [0.717, 1.165) is 0 Å². The highest BCUT2D eigenvalue weighted by Crippen LogP contribution is 2.43. The lowest BCUT2D eigenvalue weighted by molar-refractivity contribution is 1.19. The van der Waals surface area contributed by atoms with Crippen molar-refractivity contribution in [3.8, 4) is 0 Å². The number of nitrogens with zero attached hydrogens (tertiary/aromatic N) is 1. The quantitative estimate of drug-likeness (QED) is 0.463. The third-order valence-electron chi connectivity index (χ3n) is 1.88. The molecule has 10 heavy (non-hydrogen) atoms. The van der Waals surface area contributed by atoms with E-state index in [1.807, 2.05) is 6.07 Å². The summed E-state index contributed by atoms with van der Waals surface area (Å²) in [6.07, 6.45) is 4.16. The highest BCUT2D eigenvalue weighted by atomic mass is 15.1. The fraction of sp³-hybridized carbons (Fsp3) is 0. The fourth-order valence-electron chi connectivity index (χ4n) is 1.32. The molecular weight excluding hydrogens is 124 g/mol. The molecule has 1 aliphatic rings. The molecule has 0 amide bonds. The van der Waals surface area contributed by atoms with E-state index in [9.17, 15) is 0 Å². The van der Waals surface area contributed by atoms with Crippen molar-refractivity contribution in [1.29, 1.82) is 0 Å². The smallest absolute Gasteiger partial charge is 0.0884 e. The molecule has 0 radical (unpaired) electrons. The van der Waals surface area contributed by atoms with Gasteiger partial charge in [0.05, 0.1) is 16.9 Å². The Morgan fingerprint density at radius 2 is 2.30 bits per heavy atom. The Bertz CT molecular complexity index is 401. The van der Waals surface area contributed by atoms with Gasteiger partial charge in [-0.3, -0.25) is 0 Å². The van der Waals surface area contributed by atoms with Crippen LogP contribution in [0.4, 0.5) is 11.4 Å². The van der Waals surface area contributed by atoms with Crippen LogP contribution in [0.25, 0.3) is 5.52 Å².